The summed E-state index contributed by atoms with van der Waals surface area (Å²) in [5, 5.41) is 0.425. The molecule has 0 aromatic heterocycles. The fraction of sp³-hybridized carbons (Fsp3) is 0.474. The van der Waals surface area contributed by atoms with E-state index in [0.29, 0.717) is 32.3 Å². The van der Waals surface area contributed by atoms with E-state index in [-0.39, 0.29) is 5.91 Å². The molecule has 0 aliphatic carbocycles. The van der Waals surface area contributed by atoms with Crippen LogP contribution in [0.1, 0.15) is 12.0 Å². The van der Waals surface area contributed by atoms with Crippen molar-refractivity contribution >= 4 is 51.9 Å². The fourth-order valence-electron chi connectivity index (χ4n) is 3.14. The minimum absolute atomic E-state index is 0.0668. The van der Waals surface area contributed by atoms with Gasteiger partial charge in [0.2, 0.25) is 0 Å². The first-order valence-corrected chi connectivity index (χ1v) is 10.6. The average molecular weight is 443 g/mol. The predicted octanol–water partition coefficient (Wildman–Crippen LogP) is 3.28. The third kappa shape index (κ3) is 4.99. The van der Waals surface area contributed by atoms with Gasteiger partial charge in [-0.2, -0.15) is 0 Å². The summed E-state index contributed by atoms with van der Waals surface area (Å²) in [4.78, 5) is 17.4. The number of carbonyl (C=O) groups excluding carboxylic acids is 1. The number of nitrogens with zero attached hydrogens (tertiary/aromatic N) is 2. The summed E-state index contributed by atoms with van der Waals surface area (Å²) in [5.74, 6) is 0.919. The number of carbonyl (C=O) groups is 1. The van der Waals surface area contributed by atoms with Crippen molar-refractivity contribution in [1.29, 1.82) is 0 Å². The van der Waals surface area contributed by atoms with Gasteiger partial charge in [-0.05, 0) is 30.2 Å². The Bertz CT molecular complexity index is 781. The standard InChI is InChI=1S/C19H23ClN2O4S2/c1-24-15-11-13(10-14(20)17(15)25-2)12-16-18(23)22(19(27)28-16)5-3-4-21-6-8-26-9-7-21/h10-12H,3-9H2,1-2H3/b16-12+. The monoisotopic (exact) mass is 442 g/mol. The maximum atomic E-state index is 12.8. The van der Waals surface area contributed by atoms with Gasteiger partial charge in [0.05, 0.1) is 37.4 Å². The molecule has 152 valence electrons. The van der Waals surface area contributed by atoms with E-state index in [1.165, 1.54) is 18.9 Å². The molecule has 3 rings (SSSR count). The molecule has 2 heterocycles. The lowest BCUT2D eigenvalue weighted by Gasteiger charge is -2.27. The molecule has 0 radical (unpaired) electrons. The van der Waals surface area contributed by atoms with E-state index < -0.39 is 0 Å². The molecule has 1 aromatic carbocycles. The number of methoxy groups -OCH3 is 2. The normalized spacial score (nSPS) is 19.5. The van der Waals surface area contributed by atoms with Gasteiger partial charge in [0.25, 0.3) is 5.91 Å². The number of thioether (sulfide) groups is 1. The zero-order valence-electron chi connectivity index (χ0n) is 15.9. The molecule has 2 fully saturated rings. The Hall–Kier alpha value is -1.32. The molecule has 2 aliphatic rings. The lowest BCUT2D eigenvalue weighted by molar-refractivity contribution is -0.122. The van der Waals surface area contributed by atoms with Crippen LogP contribution in [0, 0.1) is 0 Å². The third-order valence-electron chi connectivity index (χ3n) is 4.59. The number of rotatable bonds is 7. The van der Waals surface area contributed by atoms with Crippen LogP contribution in [0.25, 0.3) is 6.08 Å². The molecular formula is C19H23ClN2O4S2. The quantitative estimate of drug-likeness (QED) is 0.474. The van der Waals surface area contributed by atoms with Gasteiger partial charge in [0.15, 0.2) is 11.5 Å². The van der Waals surface area contributed by atoms with E-state index >= 15 is 0 Å². The van der Waals surface area contributed by atoms with Crippen LogP contribution in [0.5, 0.6) is 11.5 Å². The van der Waals surface area contributed by atoms with Crippen molar-refractivity contribution in [1.82, 2.24) is 9.80 Å². The minimum Gasteiger partial charge on any atom is -0.493 e. The number of hydrogen-bond acceptors (Lipinski definition) is 7. The highest BCUT2D eigenvalue weighted by atomic mass is 35.5. The third-order valence-corrected chi connectivity index (χ3v) is 6.25. The Morgan fingerprint density at radius 2 is 2.00 bits per heavy atom. The number of morpholine rings is 1. The smallest absolute Gasteiger partial charge is 0.266 e. The fourth-order valence-corrected chi connectivity index (χ4v) is 4.75. The van der Waals surface area contributed by atoms with E-state index in [1.54, 1.807) is 30.2 Å². The minimum atomic E-state index is -0.0668. The van der Waals surface area contributed by atoms with Crippen LogP contribution in [0.15, 0.2) is 17.0 Å². The summed E-state index contributed by atoms with van der Waals surface area (Å²) in [6.45, 7) is 4.99. The van der Waals surface area contributed by atoms with Gasteiger partial charge in [-0.15, -0.1) is 0 Å². The summed E-state index contributed by atoms with van der Waals surface area (Å²) < 4.78 is 16.5. The zero-order chi connectivity index (χ0) is 20.1. The van der Waals surface area contributed by atoms with Crippen LogP contribution in [0.3, 0.4) is 0 Å². The highest BCUT2D eigenvalue weighted by molar-refractivity contribution is 8.26. The Kier molecular flexibility index (Phi) is 7.59. The second-order valence-electron chi connectivity index (χ2n) is 6.38. The van der Waals surface area contributed by atoms with Crippen LogP contribution in [0.4, 0.5) is 0 Å². The van der Waals surface area contributed by atoms with Gasteiger partial charge in [0.1, 0.15) is 4.32 Å². The first-order chi connectivity index (χ1) is 13.5. The molecule has 0 spiro atoms. The van der Waals surface area contributed by atoms with Crippen LogP contribution >= 0.6 is 35.6 Å². The highest BCUT2D eigenvalue weighted by Crippen LogP contribution is 2.38. The van der Waals surface area contributed by atoms with Crippen LogP contribution < -0.4 is 9.47 Å². The summed E-state index contributed by atoms with van der Waals surface area (Å²) in [6.07, 6.45) is 2.66. The van der Waals surface area contributed by atoms with Crippen molar-refractivity contribution in [3.63, 3.8) is 0 Å². The lowest BCUT2D eigenvalue weighted by Crippen LogP contribution is -2.38. The molecule has 0 unspecified atom stereocenters. The molecule has 0 saturated carbocycles. The molecule has 9 heteroatoms. The number of thiocarbonyl (C=S) groups is 1. The van der Waals surface area contributed by atoms with E-state index in [0.717, 1.165) is 44.8 Å². The first-order valence-electron chi connectivity index (χ1n) is 9.00. The van der Waals surface area contributed by atoms with Crippen molar-refractivity contribution in [2.75, 3.05) is 53.6 Å². The highest BCUT2D eigenvalue weighted by Gasteiger charge is 2.31. The molecule has 0 atom stereocenters. The summed E-state index contributed by atoms with van der Waals surface area (Å²) >= 11 is 13.0. The first kappa shape index (κ1) is 21.4. The van der Waals surface area contributed by atoms with Gasteiger partial charge < -0.3 is 14.2 Å². The van der Waals surface area contributed by atoms with Crippen LogP contribution in [-0.2, 0) is 9.53 Å². The van der Waals surface area contributed by atoms with E-state index in [1.807, 2.05) is 0 Å². The molecule has 2 aliphatic heterocycles. The van der Waals surface area contributed by atoms with E-state index in [9.17, 15) is 4.79 Å². The van der Waals surface area contributed by atoms with Crippen LogP contribution in [0.2, 0.25) is 5.02 Å². The number of hydrogen-bond donors (Lipinski definition) is 0. The predicted molar refractivity (Wildman–Crippen MR) is 116 cm³/mol. The molecule has 1 aromatic rings. The molecule has 6 nitrogen and oxygen atoms in total. The molecule has 2 saturated heterocycles. The van der Waals surface area contributed by atoms with Crippen molar-refractivity contribution in [2.24, 2.45) is 0 Å². The van der Waals surface area contributed by atoms with Crippen molar-refractivity contribution in [2.45, 2.75) is 6.42 Å². The SMILES string of the molecule is COc1cc(/C=C2/SC(=S)N(CCCN3CCOCC3)C2=O)cc(Cl)c1OC. The number of halogens is 1. The molecule has 0 N–H and O–H groups in total. The zero-order valence-corrected chi connectivity index (χ0v) is 18.3. The van der Waals surface area contributed by atoms with E-state index in [2.05, 4.69) is 4.90 Å². The number of benzene rings is 1. The number of amides is 1. The molecule has 28 heavy (non-hydrogen) atoms. The lowest BCUT2D eigenvalue weighted by atomic mass is 10.1. The molecule has 1 amide bonds. The second kappa shape index (κ2) is 9.93. The number of ether oxygens (including phenoxy) is 3. The summed E-state index contributed by atoms with van der Waals surface area (Å²) in [6, 6.07) is 3.53. The van der Waals surface area contributed by atoms with Gasteiger partial charge in [-0.25, -0.2) is 0 Å². The second-order valence-corrected chi connectivity index (χ2v) is 8.46. The Morgan fingerprint density at radius 1 is 1.25 bits per heavy atom. The largest absolute Gasteiger partial charge is 0.493 e. The molecule has 0 bridgehead atoms. The topological polar surface area (TPSA) is 51.2 Å². The van der Waals surface area contributed by atoms with Crippen molar-refractivity contribution < 1.29 is 19.0 Å². The van der Waals surface area contributed by atoms with Gasteiger partial charge in [-0.1, -0.05) is 35.6 Å². The van der Waals surface area contributed by atoms with Gasteiger partial charge >= 0.3 is 0 Å². The van der Waals surface area contributed by atoms with Gasteiger partial charge in [-0.3, -0.25) is 14.6 Å². The van der Waals surface area contributed by atoms with Gasteiger partial charge in [0, 0.05) is 26.2 Å². The summed E-state index contributed by atoms with van der Waals surface area (Å²) in [7, 11) is 3.08. The van der Waals surface area contributed by atoms with Crippen LogP contribution in [-0.4, -0.2) is 73.6 Å². The molecular weight excluding hydrogens is 420 g/mol. The Labute approximate surface area is 179 Å². The Morgan fingerprint density at radius 3 is 2.68 bits per heavy atom. The average Bonchev–Trinajstić information content (AvgIpc) is 2.95. The maximum Gasteiger partial charge on any atom is 0.266 e. The van der Waals surface area contributed by atoms with Crippen molar-refractivity contribution in [3.05, 3.63) is 27.6 Å². The van der Waals surface area contributed by atoms with E-state index in [4.69, 9.17) is 38.0 Å². The summed E-state index contributed by atoms with van der Waals surface area (Å²) in [5.41, 5.74) is 0.761. The maximum absolute atomic E-state index is 12.8. The Balaban J connectivity index is 1.66. The van der Waals surface area contributed by atoms with Crippen molar-refractivity contribution in [3.8, 4) is 11.5 Å².